The van der Waals surface area contributed by atoms with Crippen LogP contribution in [0.1, 0.15) is 10.4 Å². The van der Waals surface area contributed by atoms with E-state index >= 15 is 0 Å². The van der Waals surface area contributed by atoms with Crippen molar-refractivity contribution in [1.82, 2.24) is 0 Å². The first-order chi connectivity index (χ1) is 5.09. The molecule has 1 aromatic rings. The second-order valence-corrected chi connectivity index (χ2v) is 3.59. The lowest BCUT2D eigenvalue weighted by atomic mass is 10.2. The maximum atomic E-state index is 10.3. The molecule has 1 rings (SSSR count). The maximum absolute atomic E-state index is 10.3. The highest BCUT2D eigenvalue weighted by atomic mass is 32.1. The Bertz CT molecular complexity index is 280. The lowest BCUT2D eigenvalue weighted by Crippen LogP contribution is -1.99. The van der Waals surface area contributed by atoms with Crippen molar-refractivity contribution in [2.45, 2.75) is 13.3 Å². The Morgan fingerprint density at radius 2 is 2.45 bits per heavy atom. The number of nitrogens with two attached hydrogens (primary N) is 1. The van der Waals surface area contributed by atoms with E-state index in [1.54, 1.807) is 6.07 Å². The highest BCUT2D eigenvalue weighted by molar-refractivity contribution is 7.16. The summed E-state index contributed by atoms with van der Waals surface area (Å²) in [7, 11) is 0. The predicted octanol–water partition coefficient (Wildman–Crippen LogP) is 1.27. The van der Waals surface area contributed by atoms with Crippen molar-refractivity contribution in [3.05, 3.63) is 16.5 Å². The van der Waals surface area contributed by atoms with Gasteiger partial charge in [0.2, 0.25) is 0 Å². The molecular formula is C7H9NO2S. The van der Waals surface area contributed by atoms with E-state index in [1.165, 1.54) is 11.3 Å². The second kappa shape index (κ2) is 2.92. The lowest BCUT2D eigenvalue weighted by Gasteiger charge is -1.91. The smallest absolute Gasteiger partial charge is 0.307 e. The Morgan fingerprint density at radius 3 is 2.82 bits per heavy atom. The number of carboxylic acids is 1. The van der Waals surface area contributed by atoms with Crippen LogP contribution < -0.4 is 5.73 Å². The molecule has 1 heterocycles. The molecule has 0 spiro atoms. The van der Waals surface area contributed by atoms with Crippen LogP contribution in [0.5, 0.6) is 0 Å². The molecule has 0 saturated carbocycles. The van der Waals surface area contributed by atoms with Crippen LogP contribution in [0.4, 0.5) is 5.00 Å². The third kappa shape index (κ3) is 1.94. The third-order valence-corrected chi connectivity index (χ3v) is 2.30. The minimum atomic E-state index is -0.814. The van der Waals surface area contributed by atoms with Gasteiger partial charge in [-0.2, -0.15) is 0 Å². The molecule has 0 atom stereocenters. The number of carboxylic acid groups (broad SMARTS) is 1. The van der Waals surface area contributed by atoms with Crippen LogP contribution in [0.25, 0.3) is 0 Å². The molecule has 60 valence electrons. The Morgan fingerprint density at radius 1 is 1.82 bits per heavy atom. The van der Waals surface area contributed by atoms with Crippen molar-refractivity contribution < 1.29 is 9.90 Å². The number of carbonyl (C=O) groups is 1. The lowest BCUT2D eigenvalue weighted by molar-refractivity contribution is -0.136. The van der Waals surface area contributed by atoms with Gasteiger partial charge in [-0.05, 0) is 18.6 Å². The number of hydrogen-bond donors (Lipinski definition) is 2. The second-order valence-electron chi connectivity index (χ2n) is 2.30. The molecule has 0 fully saturated rings. The first-order valence-electron chi connectivity index (χ1n) is 3.16. The van der Waals surface area contributed by atoms with Gasteiger partial charge in [0.05, 0.1) is 11.4 Å². The molecule has 3 nitrogen and oxygen atoms in total. The fourth-order valence-electron chi connectivity index (χ4n) is 0.884. The van der Waals surface area contributed by atoms with Gasteiger partial charge in [0.1, 0.15) is 0 Å². The van der Waals surface area contributed by atoms with Crippen LogP contribution in [0.3, 0.4) is 0 Å². The number of thiophene rings is 1. The molecule has 0 aliphatic heterocycles. The van der Waals surface area contributed by atoms with Gasteiger partial charge >= 0.3 is 5.97 Å². The van der Waals surface area contributed by atoms with Crippen LogP contribution in [0, 0.1) is 6.92 Å². The molecule has 0 radical (unpaired) electrons. The molecule has 0 bridgehead atoms. The summed E-state index contributed by atoms with van der Waals surface area (Å²) in [6.45, 7) is 1.87. The van der Waals surface area contributed by atoms with Crippen molar-refractivity contribution in [2.75, 3.05) is 5.73 Å². The fourth-order valence-corrected chi connectivity index (χ4v) is 1.70. The van der Waals surface area contributed by atoms with Gasteiger partial charge in [0.15, 0.2) is 0 Å². The zero-order valence-electron chi connectivity index (χ0n) is 6.13. The molecule has 0 unspecified atom stereocenters. The number of hydrogen-bond acceptors (Lipinski definition) is 3. The maximum Gasteiger partial charge on any atom is 0.307 e. The summed E-state index contributed by atoms with van der Waals surface area (Å²) in [4.78, 5) is 11.3. The Labute approximate surface area is 68.5 Å². The highest BCUT2D eigenvalue weighted by Gasteiger charge is 2.06. The largest absolute Gasteiger partial charge is 0.481 e. The van der Waals surface area contributed by atoms with E-state index in [1.807, 2.05) is 6.92 Å². The van der Waals surface area contributed by atoms with Gasteiger partial charge < -0.3 is 10.8 Å². The zero-order valence-corrected chi connectivity index (χ0v) is 6.94. The van der Waals surface area contributed by atoms with Gasteiger partial charge in [0.25, 0.3) is 0 Å². The average molecular weight is 171 g/mol. The summed E-state index contributed by atoms with van der Waals surface area (Å²) < 4.78 is 0. The number of nitrogen functional groups attached to an aromatic ring is 1. The van der Waals surface area contributed by atoms with E-state index in [4.69, 9.17) is 10.8 Å². The van der Waals surface area contributed by atoms with Crippen molar-refractivity contribution in [2.24, 2.45) is 0 Å². The molecule has 1 aromatic heterocycles. The molecule has 0 aliphatic rings. The van der Waals surface area contributed by atoms with Crippen molar-refractivity contribution in [3.8, 4) is 0 Å². The Balaban J connectivity index is 2.85. The third-order valence-electron chi connectivity index (χ3n) is 1.38. The van der Waals surface area contributed by atoms with Gasteiger partial charge in [-0.1, -0.05) is 0 Å². The average Bonchev–Trinajstić information content (AvgIpc) is 2.09. The Kier molecular flexibility index (Phi) is 2.14. The summed E-state index contributed by atoms with van der Waals surface area (Å²) in [5, 5.41) is 9.14. The van der Waals surface area contributed by atoms with E-state index in [-0.39, 0.29) is 6.42 Å². The zero-order chi connectivity index (χ0) is 8.43. The quantitative estimate of drug-likeness (QED) is 0.704. The summed E-state index contributed by atoms with van der Waals surface area (Å²) in [6.07, 6.45) is 0.0690. The number of aliphatic carboxylic acids is 1. The van der Waals surface area contributed by atoms with Gasteiger partial charge in [-0.3, -0.25) is 4.79 Å². The van der Waals surface area contributed by atoms with Crippen LogP contribution in [-0.4, -0.2) is 11.1 Å². The summed E-state index contributed by atoms with van der Waals surface area (Å²) >= 11 is 1.43. The van der Waals surface area contributed by atoms with E-state index in [0.29, 0.717) is 5.00 Å². The first-order valence-corrected chi connectivity index (χ1v) is 3.98. The normalized spacial score (nSPS) is 9.91. The van der Waals surface area contributed by atoms with E-state index in [0.717, 1.165) is 10.4 Å². The molecule has 3 N–H and O–H groups in total. The molecule has 0 aliphatic carbocycles. The number of anilines is 1. The van der Waals surface area contributed by atoms with E-state index in [2.05, 4.69) is 0 Å². The standard InChI is InChI=1S/C7H9NO2S/c1-4-5(3-7(9)10)2-6(8)11-4/h2H,3,8H2,1H3,(H,9,10). The monoisotopic (exact) mass is 171 g/mol. The van der Waals surface area contributed by atoms with Crippen LogP contribution in [0.2, 0.25) is 0 Å². The minimum absolute atomic E-state index is 0.0690. The van der Waals surface area contributed by atoms with Gasteiger partial charge in [-0.15, -0.1) is 11.3 Å². The first kappa shape index (κ1) is 8.07. The Hall–Kier alpha value is -1.03. The van der Waals surface area contributed by atoms with Crippen LogP contribution >= 0.6 is 11.3 Å². The number of rotatable bonds is 2. The molecule has 0 amide bonds. The molecule has 4 heteroatoms. The SMILES string of the molecule is Cc1sc(N)cc1CC(=O)O. The number of aryl methyl sites for hydroxylation is 1. The van der Waals surface area contributed by atoms with Crippen molar-refractivity contribution in [3.63, 3.8) is 0 Å². The molecule has 0 saturated heterocycles. The van der Waals surface area contributed by atoms with E-state index in [9.17, 15) is 4.79 Å². The molecule has 0 aromatic carbocycles. The molecular weight excluding hydrogens is 162 g/mol. The highest BCUT2D eigenvalue weighted by Crippen LogP contribution is 2.23. The predicted molar refractivity (Wildman–Crippen MR) is 44.8 cm³/mol. The van der Waals surface area contributed by atoms with Crippen LogP contribution in [-0.2, 0) is 11.2 Å². The summed E-state index contributed by atoms with van der Waals surface area (Å²) in [6, 6.07) is 1.72. The van der Waals surface area contributed by atoms with Crippen molar-refractivity contribution in [1.29, 1.82) is 0 Å². The summed E-state index contributed by atoms with van der Waals surface area (Å²) in [5.41, 5.74) is 6.30. The summed E-state index contributed by atoms with van der Waals surface area (Å²) in [5.74, 6) is -0.814. The fraction of sp³-hybridized carbons (Fsp3) is 0.286. The van der Waals surface area contributed by atoms with E-state index < -0.39 is 5.97 Å². The van der Waals surface area contributed by atoms with Crippen molar-refractivity contribution >= 4 is 22.3 Å². The van der Waals surface area contributed by atoms with Gasteiger partial charge in [0, 0.05) is 4.88 Å². The van der Waals surface area contributed by atoms with Crippen LogP contribution in [0.15, 0.2) is 6.07 Å². The topological polar surface area (TPSA) is 63.3 Å². The minimum Gasteiger partial charge on any atom is -0.481 e. The van der Waals surface area contributed by atoms with Gasteiger partial charge in [-0.25, -0.2) is 0 Å². The molecule has 11 heavy (non-hydrogen) atoms.